The highest BCUT2D eigenvalue weighted by Crippen LogP contribution is 2.41. The fourth-order valence-electron chi connectivity index (χ4n) is 3.65. The van der Waals surface area contributed by atoms with E-state index in [1.54, 1.807) is 12.1 Å². The largest absolute Gasteiger partial charge is 0.490 e. The first-order chi connectivity index (χ1) is 14.5. The van der Waals surface area contributed by atoms with Crippen LogP contribution in [-0.4, -0.2) is 25.7 Å². The van der Waals surface area contributed by atoms with Crippen molar-refractivity contribution in [2.24, 2.45) is 5.92 Å². The molecule has 0 spiro atoms. The maximum atomic E-state index is 13.1. The number of benzene rings is 1. The number of thiophene rings is 1. The zero-order valence-electron chi connectivity index (χ0n) is 18.0. The predicted molar refractivity (Wildman–Crippen MR) is 118 cm³/mol. The maximum absolute atomic E-state index is 13.1. The van der Waals surface area contributed by atoms with Gasteiger partial charge in [0.2, 0.25) is 5.75 Å². The van der Waals surface area contributed by atoms with Crippen molar-refractivity contribution in [3.8, 4) is 23.3 Å². The van der Waals surface area contributed by atoms with Crippen LogP contribution in [0.1, 0.15) is 60.5 Å². The Morgan fingerprint density at radius 1 is 1.17 bits per heavy atom. The summed E-state index contributed by atoms with van der Waals surface area (Å²) in [5.74, 6) is 1.73. The molecule has 0 fully saturated rings. The number of nitrogens with one attached hydrogen (secondary N) is 1. The van der Waals surface area contributed by atoms with Gasteiger partial charge in [0.25, 0.3) is 5.91 Å². The summed E-state index contributed by atoms with van der Waals surface area (Å²) in [5.41, 5.74) is 2.08. The van der Waals surface area contributed by atoms with Gasteiger partial charge in [-0.15, -0.1) is 11.3 Å². The lowest BCUT2D eigenvalue weighted by Crippen LogP contribution is -2.13. The van der Waals surface area contributed by atoms with Gasteiger partial charge in [-0.05, 0) is 63.6 Å². The van der Waals surface area contributed by atoms with E-state index in [-0.39, 0.29) is 5.91 Å². The summed E-state index contributed by atoms with van der Waals surface area (Å²) in [7, 11) is 0. The molecule has 0 bridgehead atoms. The number of rotatable bonds is 8. The number of nitrogens with zero attached hydrogens (tertiary/aromatic N) is 1. The summed E-state index contributed by atoms with van der Waals surface area (Å²) in [6, 6.07) is 5.61. The molecule has 30 heavy (non-hydrogen) atoms. The number of nitriles is 1. The van der Waals surface area contributed by atoms with Crippen LogP contribution >= 0.6 is 11.3 Å². The van der Waals surface area contributed by atoms with Crippen LogP contribution in [0.25, 0.3) is 0 Å². The summed E-state index contributed by atoms with van der Waals surface area (Å²) in [4.78, 5) is 14.3. The van der Waals surface area contributed by atoms with E-state index in [1.807, 2.05) is 20.8 Å². The molecule has 0 saturated carbocycles. The van der Waals surface area contributed by atoms with Crippen molar-refractivity contribution in [3.05, 3.63) is 33.7 Å². The zero-order valence-corrected chi connectivity index (χ0v) is 18.8. The quantitative estimate of drug-likeness (QED) is 0.626. The third kappa shape index (κ3) is 4.54. The third-order valence-corrected chi connectivity index (χ3v) is 6.19. The van der Waals surface area contributed by atoms with Gasteiger partial charge in [0.1, 0.15) is 11.1 Å². The summed E-state index contributed by atoms with van der Waals surface area (Å²) in [6.45, 7) is 9.18. The number of amides is 1. The number of carbonyl (C=O) groups is 1. The highest BCUT2D eigenvalue weighted by molar-refractivity contribution is 7.16. The van der Waals surface area contributed by atoms with E-state index in [9.17, 15) is 10.1 Å². The lowest BCUT2D eigenvalue weighted by atomic mass is 9.88. The molecule has 6 nitrogen and oxygen atoms in total. The molecule has 1 aliphatic carbocycles. The van der Waals surface area contributed by atoms with Gasteiger partial charge in [-0.25, -0.2) is 0 Å². The van der Waals surface area contributed by atoms with Gasteiger partial charge in [0.05, 0.1) is 25.4 Å². The van der Waals surface area contributed by atoms with Crippen LogP contribution in [0.2, 0.25) is 0 Å². The van der Waals surface area contributed by atoms with Gasteiger partial charge in [-0.2, -0.15) is 5.26 Å². The molecule has 1 atom stereocenters. The van der Waals surface area contributed by atoms with Crippen molar-refractivity contribution in [3.63, 3.8) is 0 Å². The van der Waals surface area contributed by atoms with Gasteiger partial charge < -0.3 is 19.5 Å². The topological polar surface area (TPSA) is 80.6 Å². The Labute approximate surface area is 181 Å². The average Bonchev–Trinajstić information content (AvgIpc) is 3.06. The SMILES string of the molecule is CCOc1cc(C(=O)Nc2sc3c(c2C#N)CCC(C)C3)cc(OCC)c1OCC. The third-order valence-electron chi connectivity index (χ3n) is 5.02. The molecule has 1 aliphatic rings. The Bertz CT molecular complexity index is 934. The lowest BCUT2D eigenvalue weighted by Gasteiger charge is -2.17. The van der Waals surface area contributed by atoms with Crippen molar-refractivity contribution in [2.45, 2.75) is 47.0 Å². The standard InChI is InChI=1S/C23H28N2O4S/c1-5-27-18-11-15(12-19(28-6-2)21(18)29-7-3)22(26)25-23-17(13-24)16-9-8-14(4)10-20(16)30-23/h11-12,14H,5-10H2,1-4H3,(H,25,26). The van der Waals surface area contributed by atoms with E-state index in [1.165, 1.54) is 16.2 Å². The normalized spacial score (nSPS) is 15.1. The van der Waals surface area contributed by atoms with Crippen LogP contribution in [0.3, 0.4) is 0 Å². The Morgan fingerprint density at radius 3 is 2.37 bits per heavy atom. The summed E-state index contributed by atoms with van der Waals surface area (Å²) in [5, 5.41) is 13.2. The second kappa shape index (κ2) is 9.86. The highest BCUT2D eigenvalue weighted by Gasteiger charge is 2.25. The number of carbonyl (C=O) groups excluding carboxylic acids is 1. The lowest BCUT2D eigenvalue weighted by molar-refractivity contribution is 0.102. The Kier molecular flexibility index (Phi) is 7.22. The molecule has 1 heterocycles. The van der Waals surface area contributed by atoms with Crippen molar-refractivity contribution >= 4 is 22.2 Å². The van der Waals surface area contributed by atoms with E-state index in [4.69, 9.17) is 14.2 Å². The molecule has 0 radical (unpaired) electrons. The first kappa shape index (κ1) is 22.0. The molecule has 160 valence electrons. The average molecular weight is 429 g/mol. The zero-order chi connectivity index (χ0) is 21.7. The van der Waals surface area contributed by atoms with Gasteiger partial charge in [-0.1, -0.05) is 6.92 Å². The molecule has 3 rings (SSSR count). The van der Waals surface area contributed by atoms with Gasteiger partial charge >= 0.3 is 0 Å². The van der Waals surface area contributed by atoms with Crippen molar-refractivity contribution in [2.75, 3.05) is 25.1 Å². The van der Waals surface area contributed by atoms with Crippen molar-refractivity contribution in [1.29, 1.82) is 5.26 Å². The second-order valence-electron chi connectivity index (χ2n) is 7.22. The molecule has 2 aromatic rings. The molecule has 1 amide bonds. The second-order valence-corrected chi connectivity index (χ2v) is 8.33. The molecular weight excluding hydrogens is 400 g/mol. The van der Waals surface area contributed by atoms with Crippen LogP contribution < -0.4 is 19.5 Å². The van der Waals surface area contributed by atoms with Crippen LogP contribution in [0.4, 0.5) is 5.00 Å². The van der Waals surface area contributed by atoms with E-state index < -0.39 is 0 Å². The van der Waals surface area contributed by atoms with E-state index in [0.29, 0.717) is 59.1 Å². The molecule has 1 aromatic heterocycles. The molecule has 0 saturated heterocycles. The molecule has 7 heteroatoms. The number of ether oxygens (including phenoxy) is 3. The monoisotopic (exact) mass is 428 g/mol. The minimum Gasteiger partial charge on any atom is -0.490 e. The Balaban J connectivity index is 1.94. The summed E-state index contributed by atoms with van der Waals surface area (Å²) < 4.78 is 17.1. The van der Waals surface area contributed by atoms with E-state index in [2.05, 4.69) is 18.3 Å². The molecular formula is C23H28N2O4S. The fourth-order valence-corrected chi connectivity index (χ4v) is 5.01. The number of fused-ring (bicyclic) bond motifs is 1. The van der Waals surface area contributed by atoms with Crippen LogP contribution in [0, 0.1) is 17.2 Å². The molecule has 0 aliphatic heterocycles. The fraction of sp³-hybridized carbons (Fsp3) is 0.478. The summed E-state index contributed by atoms with van der Waals surface area (Å²) in [6.07, 6.45) is 2.91. The minimum absolute atomic E-state index is 0.303. The van der Waals surface area contributed by atoms with Crippen LogP contribution in [-0.2, 0) is 12.8 Å². The predicted octanol–water partition coefficient (Wildman–Crippen LogP) is 5.19. The first-order valence-electron chi connectivity index (χ1n) is 10.4. The van der Waals surface area contributed by atoms with E-state index in [0.717, 1.165) is 24.8 Å². The van der Waals surface area contributed by atoms with Gasteiger partial charge in [0, 0.05) is 10.4 Å². The van der Waals surface area contributed by atoms with E-state index >= 15 is 0 Å². The minimum atomic E-state index is -0.303. The van der Waals surface area contributed by atoms with Crippen molar-refractivity contribution < 1.29 is 19.0 Å². The van der Waals surface area contributed by atoms with Gasteiger partial charge in [-0.3, -0.25) is 4.79 Å². The number of hydrogen-bond donors (Lipinski definition) is 1. The summed E-state index contributed by atoms with van der Waals surface area (Å²) >= 11 is 1.51. The maximum Gasteiger partial charge on any atom is 0.256 e. The highest BCUT2D eigenvalue weighted by atomic mass is 32.1. The Morgan fingerprint density at radius 2 is 1.80 bits per heavy atom. The number of hydrogen-bond acceptors (Lipinski definition) is 6. The van der Waals surface area contributed by atoms with Crippen LogP contribution in [0.15, 0.2) is 12.1 Å². The smallest absolute Gasteiger partial charge is 0.256 e. The first-order valence-corrected chi connectivity index (χ1v) is 11.3. The Hall–Kier alpha value is -2.72. The molecule has 1 N–H and O–H groups in total. The van der Waals surface area contributed by atoms with Crippen molar-refractivity contribution in [1.82, 2.24) is 0 Å². The van der Waals surface area contributed by atoms with Crippen LogP contribution in [0.5, 0.6) is 17.2 Å². The molecule has 1 aromatic carbocycles. The van der Waals surface area contributed by atoms with Gasteiger partial charge in [0.15, 0.2) is 11.5 Å². The molecule has 1 unspecified atom stereocenters. The number of anilines is 1.